The number of carbonyl (C=O) groups is 1. The van der Waals surface area contributed by atoms with Gasteiger partial charge in [-0.15, -0.1) is 0 Å². The zero-order chi connectivity index (χ0) is 17.2. The first-order chi connectivity index (χ1) is 11.7. The standard InChI is InChI=1S/C19H31N3O2/c1-3-4-10-20-19(23)16-22-14-12-21(13-15-22)11-9-17-5-7-18(24-2)8-6-17/h5-8H,3-4,9-16H2,1-2H3,(H,20,23). The van der Waals surface area contributed by atoms with Crippen molar-refractivity contribution < 1.29 is 9.53 Å². The Balaban J connectivity index is 1.62. The van der Waals surface area contributed by atoms with E-state index in [0.717, 1.165) is 64.3 Å². The van der Waals surface area contributed by atoms with Gasteiger partial charge in [-0.3, -0.25) is 9.69 Å². The first-order valence-corrected chi connectivity index (χ1v) is 9.05. The minimum atomic E-state index is 0.162. The summed E-state index contributed by atoms with van der Waals surface area (Å²) in [4.78, 5) is 16.6. The number of ether oxygens (including phenoxy) is 1. The second kappa shape index (κ2) is 10.3. The van der Waals surface area contributed by atoms with Crippen molar-refractivity contribution in [1.29, 1.82) is 0 Å². The summed E-state index contributed by atoms with van der Waals surface area (Å²) in [5.41, 5.74) is 1.34. The smallest absolute Gasteiger partial charge is 0.234 e. The summed E-state index contributed by atoms with van der Waals surface area (Å²) in [6.07, 6.45) is 3.24. The molecule has 0 aliphatic carbocycles. The number of piperazine rings is 1. The molecule has 1 amide bonds. The van der Waals surface area contributed by atoms with E-state index in [1.165, 1.54) is 5.56 Å². The fourth-order valence-corrected chi connectivity index (χ4v) is 2.91. The third kappa shape index (κ3) is 6.49. The molecular formula is C19H31N3O2. The first-order valence-electron chi connectivity index (χ1n) is 9.05. The van der Waals surface area contributed by atoms with Crippen LogP contribution < -0.4 is 10.1 Å². The molecule has 0 radical (unpaired) electrons. The van der Waals surface area contributed by atoms with Crippen molar-refractivity contribution in [2.75, 3.05) is 52.9 Å². The molecule has 5 heteroatoms. The Bertz CT molecular complexity index is 482. The molecule has 1 aliphatic rings. The summed E-state index contributed by atoms with van der Waals surface area (Å²) in [6, 6.07) is 8.31. The Hall–Kier alpha value is -1.59. The molecule has 24 heavy (non-hydrogen) atoms. The number of unbranched alkanes of at least 4 members (excludes halogenated alkanes) is 1. The second-order valence-electron chi connectivity index (χ2n) is 6.42. The number of hydrogen-bond acceptors (Lipinski definition) is 4. The molecule has 1 aliphatic heterocycles. The number of amides is 1. The lowest BCUT2D eigenvalue weighted by Gasteiger charge is -2.34. The number of benzene rings is 1. The molecule has 0 aromatic heterocycles. The molecule has 0 bridgehead atoms. The van der Waals surface area contributed by atoms with E-state index in [9.17, 15) is 4.79 Å². The molecule has 0 unspecified atom stereocenters. The fourth-order valence-electron chi connectivity index (χ4n) is 2.91. The van der Waals surface area contributed by atoms with Crippen molar-refractivity contribution in [3.05, 3.63) is 29.8 Å². The zero-order valence-corrected chi connectivity index (χ0v) is 15.1. The first kappa shape index (κ1) is 18.7. The summed E-state index contributed by atoms with van der Waals surface area (Å²) in [7, 11) is 1.69. The third-order valence-electron chi connectivity index (χ3n) is 4.56. The van der Waals surface area contributed by atoms with Gasteiger partial charge in [-0.1, -0.05) is 25.5 Å². The lowest BCUT2D eigenvalue weighted by molar-refractivity contribution is -0.122. The van der Waals surface area contributed by atoms with Crippen molar-refractivity contribution in [2.45, 2.75) is 26.2 Å². The molecule has 1 fully saturated rings. The maximum atomic E-state index is 11.9. The molecule has 1 aromatic rings. The highest BCUT2D eigenvalue weighted by atomic mass is 16.5. The molecule has 134 valence electrons. The van der Waals surface area contributed by atoms with Crippen molar-refractivity contribution in [1.82, 2.24) is 15.1 Å². The normalized spacial score (nSPS) is 16.1. The molecule has 0 atom stereocenters. The van der Waals surface area contributed by atoms with Crippen LogP contribution >= 0.6 is 0 Å². The molecular weight excluding hydrogens is 302 g/mol. The van der Waals surface area contributed by atoms with Crippen molar-refractivity contribution in [3.63, 3.8) is 0 Å². The number of rotatable bonds is 9. The van der Waals surface area contributed by atoms with Gasteiger partial charge >= 0.3 is 0 Å². The van der Waals surface area contributed by atoms with Crippen molar-refractivity contribution in [2.24, 2.45) is 0 Å². The molecule has 1 saturated heterocycles. The highest BCUT2D eigenvalue weighted by molar-refractivity contribution is 5.77. The van der Waals surface area contributed by atoms with Crippen LogP contribution in [0.5, 0.6) is 5.75 Å². The number of nitrogens with zero attached hydrogens (tertiary/aromatic N) is 2. The van der Waals surface area contributed by atoms with Gasteiger partial charge in [-0.05, 0) is 30.5 Å². The zero-order valence-electron chi connectivity index (χ0n) is 15.1. The molecule has 1 aromatic carbocycles. The molecule has 0 saturated carbocycles. The summed E-state index contributed by atoms with van der Waals surface area (Å²) in [5.74, 6) is 1.07. The van der Waals surface area contributed by atoms with Gasteiger partial charge in [0.15, 0.2) is 0 Å². The van der Waals surface area contributed by atoms with Crippen LogP contribution in [-0.4, -0.2) is 68.6 Å². The van der Waals surface area contributed by atoms with E-state index in [4.69, 9.17) is 4.74 Å². The Kier molecular flexibility index (Phi) is 8.05. The van der Waals surface area contributed by atoms with Crippen LogP contribution in [0.1, 0.15) is 25.3 Å². The summed E-state index contributed by atoms with van der Waals surface area (Å²) < 4.78 is 5.19. The predicted octanol–water partition coefficient (Wildman–Crippen LogP) is 1.77. The van der Waals surface area contributed by atoms with Crippen LogP contribution in [0.4, 0.5) is 0 Å². The van der Waals surface area contributed by atoms with E-state index >= 15 is 0 Å². The summed E-state index contributed by atoms with van der Waals surface area (Å²) >= 11 is 0. The SMILES string of the molecule is CCCCNC(=O)CN1CCN(CCc2ccc(OC)cc2)CC1. The van der Waals surface area contributed by atoms with Gasteiger partial charge in [0.1, 0.15) is 5.75 Å². The number of methoxy groups -OCH3 is 1. The van der Waals surface area contributed by atoms with Crippen LogP contribution in [0, 0.1) is 0 Å². The highest BCUT2D eigenvalue weighted by Gasteiger charge is 2.18. The largest absolute Gasteiger partial charge is 0.497 e. The van der Waals surface area contributed by atoms with E-state index < -0.39 is 0 Å². The minimum absolute atomic E-state index is 0.162. The van der Waals surface area contributed by atoms with Crippen LogP contribution in [0.3, 0.4) is 0 Å². The maximum absolute atomic E-state index is 11.9. The summed E-state index contributed by atoms with van der Waals surface area (Å²) in [5, 5.41) is 2.99. The van der Waals surface area contributed by atoms with Gasteiger partial charge in [-0.25, -0.2) is 0 Å². The van der Waals surface area contributed by atoms with E-state index in [1.54, 1.807) is 7.11 Å². The molecule has 5 nitrogen and oxygen atoms in total. The predicted molar refractivity (Wildman–Crippen MR) is 97.5 cm³/mol. The van der Waals surface area contributed by atoms with Crippen LogP contribution in [0.25, 0.3) is 0 Å². The van der Waals surface area contributed by atoms with Gasteiger partial charge < -0.3 is 15.0 Å². The third-order valence-corrected chi connectivity index (χ3v) is 4.56. The molecule has 2 rings (SSSR count). The van der Waals surface area contributed by atoms with Crippen molar-refractivity contribution in [3.8, 4) is 5.75 Å². The van der Waals surface area contributed by atoms with Crippen LogP contribution in [0.15, 0.2) is 24.3 Å². The fraction of sp³-hybridized carbons (Fsp3) is 0.632. The van der Waals surface area contributed by atoms with Gasteiger partial charge in [0.25, 0.3) is 0 Å². The molecule has 1 N–H and O–H groups in total. The van der Waals surface area contributed by atoms with E-state index in [2.05, 4.69) is 34.2 Å². The molecule has 0 spiro atoms. The monoisotopic (exact) mass is 333 g/mol. The van der Waals surface area contributed by atoms with Crippen molar-refractivity contribution >= 4 is 5.91 Å². The molecule has 1 heterocycles. The Morgan fingerprint density at radius 1 is 1.12 bits per heavy atom. The second-order valence-corrected chi connectivity index (χ2v) is 6.42. The van der Waals surface area contributed by atoms with Gasteiger partial charge in [0, 0.05) is 39.3 Å². The highest BCUT2D eigenvalue weighted by Crippen LogP contribution is 2.12. The van der Waals surface area contributed by atoms with E-state index in [-0.39, 0.29) is 5.91 Å². The van der Waals surface area contributed by atoms with E-state index in [1.807, 2.05) is 12.1 Å². The summed E-state index contributed by atoms with van der Waals surface area (Å²) in [6.45, 7) is 8.58. The topological polar surface area (TPSA) is 44.8 Å². The maximum Gasteiger partial charge on any atom is 0.234 e. The number of carbonyl (C=O) groups excluding carboxylic acids is 1. The Labute approximate surface area is 146 Å². The number of hydrogen-bond donors (Lipinski definition) is 1. The number of nitrogens with one attached hydrogen (secondary N) is 1. The quantitative estimate of drug-likeness (QED) is 0.700. The van der Waals surface area contributed by atoms with Gasteiger partial charge in [0.2, 0.25) is 5.91 Å². The van der Waals surface area contributed by atoms with Gasteiger partial charge in [0.05, 0.1) is 13.7 Å². The average Bonchev–Trinajstić information content (AvgIpc) is 2.62. The van der Waals surface area contributed by atoms with Gasteiger partial charge in [-0.2, -0.15) is 0 Å². The Morgan fingerprint density at radius 3 is 2.42 bits per heavy atom. The van der Waals surface area contributed by atoms with Crippen LogP contribution in [0.2, 0.25) is 0 Å². The minimum Gasteiger partial charge on any atom is -0.497 e. The van der Waals surface area contributed by atoms with Crippen LogP contribution in [-0.2, 0) is 11.2 Å². The van der Waals surface area contributed by atoms with E-state index in [0.29, 0.717) is 6.54 Å². The lowest BCUT2D eigenvalue weighted by Crippen LogP contribution is -2.49. The lowest BCUT2D eigenvalue weighted by atomic mass is 10.1. The Morgan fingerprint density at radius 2 is 1.79 bits per heavy atom. The average molecular weight is 333 g/mol.